The van der Waals surface area contributed by atoms with Gasteiger partial charge in [0.2, 0.25) is 0 Å². The van der Waals surface area contributed by atoms with Crippen LogP contribution in [0.4, 0.5) is 21.5 Å². The van der Waals surface area contributed by atoms with Crippen LogP contribution in [0.5, 0.6) is 5.75 Å². The maximum absolute atomic E-state index is 13.2. The molecule has 3 aromatic rings. The van der Waals surface area contributed by atoms with E-state index in [1.165, 1.54) is 19.2 Å². The number of hydrogen-bond acceptors (Lipinski definition) is 4. The fourth-order valence-electron chi connectivity index (χ4n) is 2.20. The minimum absolute atomic E-state index is 0.354. The smallest absolute Gasteiger partial charge is 0.145 e. The third-order valence-corrected chi connectivity index (χ3v) is 3.26. The number of nitrogens with zero attached hydrogens (tertiary/aromatic N) is 1. The van der Waals surface area contributed by atoms with Crippen LogP contribution in [0.3, 0.4) is 0 Å². The van der Waals surface area contributed by atoms with E-state index in [0.29, 0.717) is 17.1 Å². The third-order valence-electron chi connectivity index (χ3n) is 3.26. The molecule has 0 unspecified atom stereocenters. The highest BCUT2D eigenvalue weighted by molar-refractivity contribution is 5.98. The van der Waals surface area contributed by atoms with Crippen LogP contribution in [0.15, 0.2) is 48.7 Å². The van der Waals surface area contributed by atoms with E-state index in [0.717, 1.165) is 16.6 Å². The zero-order valence-electron chi connectivity index (χ0n) is 11.4. The second-order valence-corrected chi connectivity index (χ2v) is 4.57. The monoisotopic (exact) mass is 283 g/mol. The number of fused-ring (bicyclic) bond motifs is 1. The number of halogens is 1. The SMILES string of the molecule is COc1cc(F)ccc1Nc1ccc2ncccc2c1N. The van der Waals surface area contributed by atoms with E-state index in [2.05, 4.69) is 10.3 Å². The Morgan fingerprint density at radius 3 is 2.76 bits per heavy atom. The summed E-state index contributed by atoms with van der Waals surface area (Å²) in [5, 5.41) is 4.03. The normalized spacial score (nSPS) is 10.6. The van der Waals surface area contributed by atoms with E-state index in [-0.39, 0.29) is 5.82 Å². The Hall–Kier alpha value is -2.82. The molecule has 4 nitrogen and oxygen atoms in total. The first-order valence-electron chi connectivity index (χ1n) is 6.43. The van der Waals surface area contributed by atoms with Crippen molar-refractivity contribution in [1.29, 1.82) is 0 Å². The topological polar surface area (TPSA) is 60.2 Å². The Labute approximate surface area is 121 Å². The van der Waals surface area contributed by atoms with Gasteiger partial charge in [0.25, 0.3) is 0 Å². The number of ether oxygens (including phenoxy) is 1. The van der Waals surface area contributed by atoms with Gasteiger partial charge in [-0.1, -0.05) is 0 Å². The quantitative estimate of drug-likeness (QED) is 0.719. The summed E-state index contributed by atoms with van der Waals surface area (Å²) in [7, 11) is 1.49. The number of benzene rings is 2. The summed E-state index contributed by atoms with van der Waals surface area (Å²) in [6, 6.07) is 11.8. The van der Waals surface area contributed by atoms with Crippen LogP contribution in [0.1, 0.15) is 0 Å². The predicted octanol–water partition coefficient (Wildman–Crippen LogP) is 3.71. The molecule has 0 atom stereocenters. The van der Waals surface area contributed by atoms with Crippen molar-refractivity contribution in [2.75, 3.05) is 18.2 Å². The van der Waals surface area contributed by atoms with Crippen LogP contribution in [-0.4, -0.2) is 12.1 Å². The van der Waals surface area contributed by atoms with E-state index in [1.807, 2.05) is 24.3 Å². The molecule has 0 amide bonds. The molecule has 0 saturated carbocycles. The van der Waals surface area contributed by atoms with E-state index in [4.69, 9.17) is 10.5 Å². The molecular formula is C16H14FN3O. The van der Waals surface area contributed by atoms with Gasteiger partial charge in [-0.2, -0.15) is 0 Å². The van der Waals surface area contributed by atoms with Gasteiger partial charge in [0.05, 0.1) is 29.7 Å². The van der Waals surface area contributed by atoms with E-state index < -0.39 is 0 Å². The lowest BCUT2D eigenvalue weighted by Gasteiger charge is -2.14. The first-order valence-corrected chi connectivity index (χ1v) is 6.43. The van der Waals surface area contributed by atoms with Gasteiger partial charge in [0.15, 0.2) is 0 Å². The summed E-state index contributed by atoms with van der Waals surface area (Å²) in [5.41, 5.74) is 8.96. The van der Waals surface area contributed by atoms with Gasteiger partial charge in [-0.25, -0.2) is 4.39 Å². The average Bonchev–Trinajstić information content (AvgIpc) is 2.51. The van der Waals surface area contributed by atoms with Gasteiger partial charge in [-0.15, -0.1) is 0 Å². The fourth-order valence-corrected chi connectivity index (χ4v) is 2.20. The molecule has 1 aromatic heterocycles. The average molecular weight is 283 g/mol. The standard InChI is InChI=1S/C16H14FN3O/c1-21-15-9-10(17)4-5-13(15)20-14-7-6-12-11(16(14)18)3-2-8-19-12/h2-9,20H,18H2,1H3. The molecule has 0 aliphatic carbocycles. The molecule has 21 heavy (non-hydrogen) atoms. The second-order valence-electron chi connectivity index (χ2n) is 4.57. The van der Waals surface area contributed by atoms with Crippen molar-refractivity contribution < 1.29 is 9.13 Å². The molecule has 0 saturated heterocycles. The minimum atomic E-state index is -0.354. The molecule has 0 radical (unpaired) electrons. The second kappa shape index (κ2) is 5.28. The molecule has 3 rings (SSSR count). The first kappa shape index (κ1) is 13.2. The highest BCUT2D eigenvalue weighted by Gasteiger charge is 2.09. The van der Waals surface area contributed by atoms with Gasteiger partial charge in [-0.3, -0.25) is 4.98 Å². The number of nitrogen functional groups attached to an aromatic ring is 1. The van der Waals surface area contributed by atoms with E-state index in [1.54, 1.807) is 12.3 Å². The maximum atomic E-state index is 13.2. The van der Waals surface area contributed by atoms with Crippen molar-refractivity contribution in [3.63, 3.8) is 0 Å². The van der Waals surface area contributed by atoms with Gasteiger partial charge >= 0.3 is 0 Å². The highest BCUT2D eigenvalue weighted by atomic mass is 19.1. The molecule has 0 aliphatic rings. The van der Waals surface area contributed by atoms with Crippen molar-refractivity contribution in [3.8, 4) is 5.75 Å². The van der Waals surface area contributed by atoms with E-state index >= 15 is 0 Å². The molecule has 0 bridgehead atoms. The third kappa shape index (κ3) is 2.45. The Balaban J connectivity index is 2.04. The number of nitrogens with one attached hydrogen (secondary N) is 1. The van der Waals surface area contributed by atoms with Gasteiger partial charge < -0.3 is 15.8 Å². The molecule has 3 N–H and O–H groups in total. The zero-order chi connectivity index (χ0) is 14.8. The highest BCUT2D eigenvalue weighted by Crippen LogP contribution is 2.33. The molecular weight excluding hydrogens is 269 g/mol. The molecule has 0 spiro atoms. The van der Waals surface area contributed by atoms with E-state index in [9.17, 15) is 4.39 Å². The first-order chi connectivity index (χ1) is 10.2. The van der Waals surface area contributed by atoms with Gasteiger partial charge in [-0.05, 0) is 36.4 Å². The minimum Gasteiger partial charge on any atom is -0.494 e. The zero-order valence-corrected chi connectivity index (χ0v) is 11.4. The summed E-state index contributed by atoms with van der Waals surface area (Å²) >= 11 is 0. The molecule has 0 aliphatic heterocycles. The largest absolute Gasteiger partial charge is 0.494 e. The lowest BCUT2D eigenvalue weighted by molar-refractivity contribution is 0.413. The van der Waals surface area contributed by atoms with Crippen LogP contribution >= 0.6 is 0 Å². The maximum Gasteiger partial charge on any atom is 0.145 e. The van der Waals surface area contributed by atoms with Gasteiger partial charge in [0, 0.05) is 17.6 Å². The number of nitrogens with two attached hydrogens (primary N) is 1. The molecule has 5 heteroatoms. The van der Waals surface area contributed by atoms with Crippen molar-refractivity contribution in [2.45, 2.75) is 0 Å². The number of methoxy groups -OCH3 is 1. The molecule has 2 aromatic carbocycles. The molecule has 106 valence electrons. The summed E-state index contributed by atoms with van der Waals surface area (Å²) in [5.74, 6) is 0.0637. The van der Waals surface area contributed by atoms with Crippen LogP contribution in [0, 0.1) is 5.82 Å². The Morgan fingerprint density at radius 1 is 1.14 bits per heavy atom. The van der Waals surface area contributed by atoms with Crippen LogP contribution in [-0.2, 0) is 0 Å². The van der Waals surface area contributed by atoms with Crippen molar-refractivity contribution in [3.05, 3.63) is 54.5 Å². The fraction of sp³-hybridized carbons (Fsp3) is 0.0625. The summed E-state index contributed by atoms with van der Waals surface area (Å²) in [4.78, 5) is 4.25. The lowest BCUT2D eigenvalue weighted by atomic mass is 10.1. The van der Waals surface area contributed by atoms with Crippen molar-refractivity contribution >= 4 is 28.0 Å². The Bertz CT molecular complexity index is 805. The summed E-state index contributed by atoms with van der Waals surface area (Å²) in [6.07, 6.45) is 1.72. The Morgan fingerprint density at radius 2 is 1.95 bits per heavy atom. The number of anilines is 3. The van der Waals surface area contributed by atoms with Gasteiger partial charge in [0.1, 0.15) is 11.6 Å². The summed E-state index contributed by atoms with van der Waals surface area (Å²) < 4.78 is 18.4. The van der Waals surface area contributed by atoms with Crippen LogP contribution in [0.25, 0.3) is 10.9 Å². The molecule has 1 heterocycles. The summed E-state index contributed by atoms with van der Waals surface area (Å²) in [6.45, 7) is 0. The number of hydrogen-bond donors (Lipinski definition) is 2. The van der Waals surface area contributed by atoms with Crippen LogP contribution in [0.2, 0.25) is 0 Å². The number of aromatic nitrogens is 1. The predicted molar refractivity (Wildman–Crippen MR) is 82.4 cm³/mol. The number of rotatable bonds is 3. The molecule has 0 fully saturated rings. The van der Waals surface area contributed by atoms with Crippen LogP contribution < -0.4 is 15.8 Å². The van der Waals surface area contributed by atoms with Crippen molar-refractivity contribution in [1.82, 2.24) is 4.98 Å². The Kier molecular flexibility index (Phi) is 3.31. The lowest BCUT2D eigenvalue weighted by Crippen LogP contribution is -1.99. The van der Waals surface area contributed by atoms with Crippen molar-refractivity contribution in [2.24, 2.45) is 0 Å². The number of pyridine rings is 1.